The molecule has 0 aromatic rings. The highest BCUT2D eigenvalue weighted by atomic mass is 16.6. The molecule has 0 amide bonds. The van der Waals surface area contributed by atoms with Gasteiger partial charge in [-0.15, -0.1) is 0 Å². The first-order valence-electron chi connectivity index (χ1n) is 18.2. The fourth-order valence-electron chi connectivity index (χ4n) is 4.79. The first-order chi connectivity index (χ1) is 21.6. The van der Waals surface area contributed by atoms with Crippen LogP contribution in [-0.4, -0.2) is 36.4 Å². The van der Waals surface area contributed by atoms with Gasteiger partial charge < -0.3 is 14.6 Å². The van der Waals surface area contributed by atoms with Crippen LogP contribution in [0.4, 0.5) is 0 Å². The summed E-state index contributed by atoms with van der Waals surface area (Å²) in [5.41, 5.74) is 0. The fourth-order valence-corrected chi connectivity index (χ4v) is 4.79. The van der Waals surface area contributed by atoms with E-state index in [1.807, 2.05) is 0 Å². The molecule has 0 aromatic heterocycles. The highest BCUT2D eigenvalue weighted by Crippen LogP contribution is 2.11. The first-order valence-corrected chi connectivity index (χ1v) is 18.2. The summed E-state index contributed by atoms with van der Waals surface area (Å²) < 4.78 is 10.6. The SMILES string of the molecule is CCCCCC=CCC=CCC=CCCCCCCC(=O)O[C@@H](CO)COC(=O)CCCCCCCC=CCCCCCC. The predicted octanol–water partition coefficient (Wildman–Crippen LogP) is 11.1. The molecule has 254 valence electrons. The van der Waals surface area contributed by atoms with E-state index in [9.17, 15) is 14.7 Å². The van der Waals surface area contributed by atoms with Gasteiger partial charge in [-0.2, -0.15) is 0 Å². The zero-order valence-corrected chi connectivity index (χ0v) is 28.7. The average molecular weight is 617 g/mol. The van der Waals surface area contributed by atoms with Crippen molar-refractivity contribution < 1.29 is 24.2 Å². The van der Waals surface area contributed by atoms with Crippen LogP contribution in [0, 0.1) is 0 Å². The van der Waals surface area contributed by atoms with Crippen molar-refractivity contribution in [3.8, 4) is 0 Å². The van der Waals surface area contributed by atoms with Gasteiger partial charge in [0.15, 0.2) is 6.10 Å². The number of esters is 2. The van der Waals surface area contributed by atoms with E-state index in [-0.39, 0.29) is 25.2 Å². The number of carbonyl (C=O) groups excluding carboxylic acids is 2. The Morgan fingerprint density at radius 3 is 1.43 bits per heavy atom. The normalized spacial score (nSPS) is 12.7. The second-order valence-corrected chi connectivity index (χ2v) is 11.9. The third kappa shape index (κ3) is 32.8. The summed E-state index contributed by atoms with van der Waals surface area (Å²) in [6, 6.07) is 0. The fraction of sp³-hybridized carbons (Fsp3) is 0.744. The Kier molecular flexibility index (Phi) is 33.6. The molecule has 0 aromatic carbocycles. The number of carbonyl (C=O) groups is 2. The zero-order chi connectivity index (χ0) is 32.2. The van der Waals surface area contributed by atoms with Crippen molar-refractivity contribution >= 4 is 11.9 Å². The van der Waals surface area contributed by atoms with Crippen molar-refractivity contribution in [2.24, 2.45) is 0 Å². The van der Waals surface area contributed by atoms with E-state index in [1.165, 1.54) is 70.6 Å². The third-order valence-electron chi connectivity index (χ3n) is 7.60. The van der Waals surface area contributed by atoms with Crippen molar-refractivity contribution in [3.05, 3.63) is 48.6 Å². The number of ether oxygens (including phenoxy) is 2. The molecule has 0 aliphatic heterocycles. The van der Waals surface area contributed by atoms with Crippen LogP contribution in [0.15, 0.2) is 48.6 Å². The molecule has 5 heteroatoms. The zero-order valence-electron chi connectivity index (χ0n) is 28.7. The minimum Gasteiger partial charge on any atom is -0.462 e. The standard InChI is InChI=1S/C39H68O5/c1-3-5-7-9-11-13-15-17-18-19-20-22-24-26-28-30-32-34-39(42)44-37(35-40)36-43-38(41)33-31-29-27-25-23-21-16-14-12-10-8-6-4-2/h11,13-14,16-18,20,22,37,40H,3-10,12,15,19,21,23-36H2,1-2H3/t37-/m0/s1. The molecular formula is C39H68O5. The second-order valence-electron chi connectivity index (χ2n) is 11.9. The number of hydrogen-bond donors (Lipinski definition) is 1. The Morgan fingerprint density at radius 2 is 0.909 bits per heavy atom. The lowest BCUT2D eigenvalue weighted by Gasteiger charge is -2.15. The Morgan fingerprint density at radius 1 is 0.523 bits per heavy atom. The summed E-state index contributed by atoms with van der Waals surface area (Å²) in [6.07, 6.45) is 43.0. The van der Waals surface area contributed by atoms with Crippen LogP contribution in [0.1, 0.15) is 168 Å². The van der Waals surface area contributed by atoms with Crippen LogP contribution < -0.4 is 0 Å². The quantitative estimate of drug-likeness (QED) is 0.0462. The molecule has 0 spiro atoms. The Labute approximate surface area is 271 Å². The summed E-state index contributed by atoms with van der Waals surface area (Å²) in [4.78, 5) is 24.2. The van der Waals surface area contributed by atoms with Gasteiger partial charge in [0.05, 0.1) is 6.61 Å². The van der Waals surface area contributed by atoms with Crippen molar-refractivity contribution in [3.63, 3.8) is 0 Å². The highest BCUT2D eigenvalue weighted by Gasteiger charge is 2.16. The van der Waals surface area contributed by atoms with Gasteiger partial charge in [-0.05, 0) is 77.0 Å². The minimum atomic E-state index is -0.785. The number of unbranched alkanes of at least 4 members (excludes halogenated alkanes) is 16. The number of rotatable bonds is 32. The van der Waals surface area contributed by atoms with E-state index in [0.717, 1.165) is 70.6 Å². The van der Waals surface area contributed by atoms with Gasteiger partial charge in [0.25, 0.3) is 0 Å². The molecule has 0 aliphatic rings. The lowest BCUT2D eigenvalue weighted by atomic mass is 10.1. The molecule has 1 N–H and O–H groups in total. The van der Waals surface area contributed by atoms with Crippen LogP contribution in [0.5, 0.6) is 0 Å². The predicted molar refractivity (Wildman–Crippen MR) is 187 cm³/mol. The summed E-state index contributed by atoms with van der Waals surface area (Å²) in [7, 11) is 0. The summed E-state index contributed by atoms with van der Waals surface area (Å²) in [5.74, 6) is -0.630. The molecule has 0 aliphatic carbocycles. The number of hydrogen-bond acceptors (Lipinski definition) is 5. The largest absolute Gasteiger partial charge is 0.462 e. The van der Waals surface area contributed by atoms with Gasteiger partial charge in [-0.1, -0.05) is 127 Å². The molecule has 0 saturated carbocycles. The van der Waals surface area contributed by atoms with Crippen LogP contribution in [0.2, 0.25) is 0 Å². The maximum absolute atomic E-state index is 12.1. The summed E-state index contributed by atoms with van der Waals surface area (Å²) in [6.45, 7) is 4.05. The smallest absolute Gasteiger partial charge is 0.306 e. The van der Waals surface area contributed by atoms with Crippen LogP contribution >= 0.6 is 0 Å². The molecule has 44 heavy (non-hydrogen) atoms. The molecule has 0 heterocycles. The first kappa shape index (κ1) is 41.9. The van der Waals surface area contributed by atoms with E-state index >= 15 is 0 Å². The number of aliphatic hydroxyl groups is 1. The lowest BCUT2D eigenvalue weighted by Crippen LogP contribution is -2.28. The van der Waals surface area contributed by atoms with E-state index in [1.54, 1.807) is 0 Å². The number of allylic oxidation sites excluding steroid dienone is 8. The highest BCUT2D eigenvalue weighted by molar-refractivity contribution is 5.70. The van der Waals surface area contributed by atoms with Crippen LogP contribution in [0.3, 0.4) is 0 Å². The Hall–Kier alpha value is -2.14. The second kappa shape index (κ2) is 35.3. The lowest BCUT2D eigenvalue weighted by molar-refractivity contribution is -0.161. The Balaban J connectivity index is 3.65. The monoisotopic (exact) mass is 617 g/mol. The molecule has 0 fully saturated rings. The van der Waals surface area contributed by atoms with Gasteiger partial charge in [0.2, 0.25) is 0 Å². The van der Waals surface area contributed by atoms with E-state index in [0.29, 0.717) is 12.8 Å². The molecular weight excluding hydrogens is 548 g/mol. The molecule has 0 unspecified atom stereocenters. The number of aliphatic hydroxyl groups excluding tert-OH is 1. The van der Waals surface area contributed by atoms with E-state index in [4.69, 9.17) is 9.47 Å². The van der Waals surface area contributed by atoms with Crippen molar-refractivity contribution in [1.82, 2.24) is 0 Å². The summed E-state index contributed by atoms with van der Waals surface area (Å²) in [5, 5.41) is 9.52. The van der Waals surface area contributed by atoms with Gasteiger partial charge in [-0.25, -0.2) is 0 Å². The molecule has 5 nitrogen and oxygen atoms in total. The molecule has 0 rings (SSSR count). The molecule has 0 bridgehead atoms. The topological polar surface area (TPSA) is 72.8 Å². The van der Waals surface area contributed by atoms with Crippen LogP contribution in [-0.2, 0) is 19.1 Å². The Bertz CT molecular complexity index is 752. The maximum atomic E-state index is 12.1. The average Bonchev–Trinajstić information content (AvgIpc) is 3.02. The van der Waals surface area contributed by atoms with Crippen molar-refractivity contribution in [1.29, 1.82) is 0 Å². The molecule has 0 saturated heterocycles. The van der Waals surface area contributed by atoms with E-state index in [2.05, 4.69) is 62.5 Å². The summed E-state index contributed by atoms with van der Waals surface area (Å²) >= 11 is 0. The maximum Gasteiger partial charge on any atom is 0.306 e. The molecule has 1 atom stereocenters. The van der Waals surface area contributed by atoms with Gasteiger partial charge >= 0.3 is 11.9 Å². The third-order valence-corrected chi connectivity index (χ3v) is 7.60. The van der Waals surface area contributed by atoms with Crippen molar-refractivity contribution in [2.75, 3.05) is 13.2 Å². The van der Waals surface area contributed by atoms with Crippen molar-refractivity contribution in [2.45, 2.75) is 174 Å². The molecule has 0 radical (unpaired) electrons. The van der Waals surface area contributed by atoms with E-state index < -0.39 is 6.10 Å². The van der Waals surface area contributed by atoms with Gasteiger partial charge in [-0.3, -0.25) is 9.59 Å². The van der Waals surface area contributed by atoms with Gasteiger partial charge in [0.1, 0.15) is 6.61 Å². The van der Waals surface area contributed by atoms with Crippen LogP contribution in [0.25, 0.3) is 0 Å². The minimum absolute atomic E-state index is 0.0802. The van der Waals surface area contributed by atoms with Gasteiger partial charge in [0, 0.05) is 12.8 Å².